The number of halogens is 1. The normalized spacial score (nSPS) is 15.2. The van der Waals surface area contributed by atoms with E-state index in [1.807, 2.05) is 43.3 Å². The van der Waals surface area contributed by atoms with Crippen LogP contribution in [0.3, 0.4) is 0 Å². The van der Waals surface area contributed by atoms with Crippen LogP contribution in [-0.4, -0.2) is 26.8 Å². The van der Waals surface area contributed by atoms with Gasteiger partial charge in [0, 0.05) is 11.1 Å². The zero-order valence-corrected chi connectivity index (χ0v) is 16.1. The molecule has 1 fully saturated rings. The monoisotopic (exact) mass is 385 g/mol. The van der Waals surface area contributed by atoms with Gasteiger partial charge >= 0.3 is 0 Å². The van der Waals surface area contributed by atoms with Crippen LogP contribution in [0.4, 0.5) is 0 Å². The second-order valence-corrected chi connectivity index (χ2v) is 8.39. The van der Waals surface area contributed by atoms with Crippen molar-refractivity contribution in [3.05, 3.63) is 59.1 Å². The number of nitrogens with zero attached hydrogens (tertiary/aromatic N) is 2. The predicted molar refractivity (Wildman–Crippen MR) is 107 cm³/mol. The number of hydrogen-bond acceptors (Lipinski definition) is 3. The Balaban J connectivity index is 1.65. The molecule has 1 unspecified atom stereocenters. The third-order valence-corrected chi connectivity index (χ3v) is 5.76. The van der Waals surface area contributed by atoms with E-state index < -0.39 is 0 Å². The lowest BCUT2D eigenvalue weighted by Gasteiger charge is -2.13. The highest BCUT2D eigenvalue weighted by Gasteiger charge is 2.27. The molecular weight excluding hydrogens is 366 g/mol. The van der Waals surface area contributed by atoms with Crippen molar-refractivity contribution in [2.45, 2.75) is 42.8 Å². The highest BCUT2D eigenvalue weighted by atomic mass is 35.5. The number of benzene rings is 2. The fraction of sp³-hybridized carbons (Fsp3) is 0.300. The molecule has 134 valence electrons. The zero-order valence-electron chi connectivity index (χ0n) is 14.5. The third-order valence-electron chi connectivity index (χ3n) is 4.43. The smallest absolute Gasteiger partial charge is 0.233 e. The largest absolute Gasteiger partial charge is 0.352 e. The molecule has 2 aromatic carbocycles. The van der Waals surface area contributed by atoms with Crippen molar-refractivity contribution in [2.75, 3.05) is 0 Å². The van der Waals surface area contributed by atoms with Gasteiger partial charge < -0.3 is 9.88 Å². The minimum Gasteiger partial charge on any atom is -0.352 e. The molecule has 0 saturated heterocycles. The maximum Gasteiger partial charge on any atom is 0.233 e. The van der Waals surface area contributed by atoms with Crippen LogP contribution in [0.25, 0.3) is 11.0 Å². The van der Waals surface area contributed by atoms with E-state index in [9.17, 15) is 4.79 Å². The van der Waals surface area contributed by atoms with Gasteiger partial charge in [0.2, 0.25) is 5.91 Å². The molecule has 1 heterocycles. The number of rotatable bonds is 6. The van der Waals surface area contributed by atoms with Crippen molar-refractivity contribution >= 4 is 40.3 Å². The van der Waals surface area contributed by atoms with Crippen LogP contribution in [0.15, 0.2) is 53.7 Å². The lowest BCUT2D eigenvalue weighted by molar-refractivity contribution is -0.120. The lowest BCUT2D eigenvalue weighted by Crippen LogP contribution is -2.32. The summed E-state index contributed by atoms with van der Waals surface area (Å²) in [6.45, 7) is 2.64. The average molecular weight is 386 g/mol. The Hall–Kier alpha value is -1.98. The highest BCUT2D eigenvalue weighted by Crippen LogP contribution is 2.30. The van der Waals surface area contributed by atoms with Crippen molar-refractivity contribution in [3.63, 3.8) is 0 Å². The molecule has 1 amide bonds. The first kappa shape index (κ1) is 17.4. The maximum absolute atomic E-state index is 12.3. The molecule has 0 spiro atoms. The van der Waals surface area contributed by atoms with E-state index in [0.717, 1.165) is 29.0 Å². The standard InChI is InChI=1S/C20H20ClN3OS/c1-13(19(25)22-16-8-9-16)26-20-23-17-11-15(21)7-10-18(17)24(20)12-14-5-3-2-4-6-14/h2-7,10-11,13,16H,8-9,12H2,1H3,(H,22,25). The third kappa shape index (κ3) is 3.89. The number of amides is 1. The number of imidazole rings is 1. The van der Waals surface area contributed by atoms with Crippen molar-refractivity contribution < 1.29 is 4.79 Å². The molecule has 1 aromatic heterocycles. The number of nitrogens with one attached hydrogen (secondary N) is 1. The molecule has 3 aromatic rings. The van der Waals surface area contributed by atoms with E-state index in [0.29, 0.717) is 17.6 Å². The van der Waals surface area contributed by atoms with E-state index in [4.69, 9.17) is 16.6 Å². The topological polar surface area (TPSA) is 46.9 Å². The SMILES string of the molecule is CC(Sc1nc2cc(Cl)ccc2n1Cc1ccccc1)C(=O)NC1CC1. The van der Waals surface area contributed by atoms with E-state index in [1.54, 1.807) is 0 Å². The summed E-state index contributed by atoms with van der Waals surface area (Å²) in [6, 6.07) is 16.4. The minimum atomic E-state index is -0.197. The lowest BCUT2D eigenvalue weighted by atomic mass is 10.2. The maximum atomic E-state index is 12.3. The molecule has 4 nitrogen and oxygen atoms in total. The molecule has 1 aliphatic carbocycles. The van der Waals surface area contributed by atoms with Gasteiger partial charge in [-0.1, -0.05) is 53.7 Å². The van der Waals surface area contributed by atoms with Gasteiger partial charge in [-0.3, -0.25) is 4.79 Å². The van der Waals surface area contributed by atoms with Crippen molar-refractivity contribution in [3.8, 4) is 0 Å². The number of thioether (sulfide) groups is 1. The zero-order chi connectivity index (χ0) is 18.1. The minimum absolute atomic E-state index is 0.0776. The number of fused-ring (bicyclic) bond motifs is 1. The summed E-state index contributed by atoms with van der Waals surface area (Å²) in [4.78, 5) is 17.1. The second-order valence-electron chi connectivity index (χ2n) is 6.64. The number of aromatic nitrogens is 2. The molecule has 0 radical (unpaired) electrons. The summed E-state index contributed by atoms with van der Waals surface area (Å²) < 4.78 is 2.16. The molecule has 1 atom stereocenters. The Morgan fingerprint density at radius 3 is 2.81 bits per heavy atom. The Morgan fingerprint density at radius 1 is 1.31 bits per heavy atom. The summed E-state index contributed by atoms with van der Waals surface area (Å²) in [5, 5.41) is 4.37. The molecule has 6 heteroatoms. The Kier molecular flexibility index (Phi) is 4.92. The van der Waals surface area contributed by atoms with Crippen LogP contribution in [0.1, 0.15) is 25.3 Å². The summed E-state index contributed by atoms with van der Waals surface area (Å²) >= 11 is 7.64. The first-order chi connectivity index (χ1) is 12.6. The van der Waals surface area contributed by atoms with E-state index >= 15 is 0 Å². The molecule has 4 rings (SSSR count). The van der Waals surface area contributed by atoms with Crippen molar-refractivity contribution in [2.24, 2.45) is 0 Å². The van der Waals surface area contributed by atoms with E-state index in [1.165, 1.54) is 17.3 Å². The van der Waals surface area contributed by atoms with E-state index in [-0.39, 0.29) is 11.2 Å². The van der Waals surface area contributed by atoms with Crippen LogP contribution in [0, 0.1) is 0 Å². The number of carbonyl (C=O) groups excluding carboxylic acids is 1. The van der Waals surface area contributed by atoms with Gasteiger partial charge in [0.15, 0.2) is 5.16 Å². The number of hydrogen-bond donors (Lipinski definition) is 1. The summed E-state index contributed by atoms with van der Waals surface area (Å²) in [5.74, 6) is 0.0776. The summed E-state index contributed by atoms with van der Waals surface area (Å²) in [5.41, 5.74) is 3.07. The fourth-order valence-corrected chi connectivity index (χ4v) is 3.95. The van der Waals surface area contributed by atoms with Gasteiger partial charge in [-0.2, -0.15) is 0 Å². The highest BCUT2D eigenvalue weighted by molar-refractivity contribution is 8.00. The van der Waals surface area contributed by atoms with Crippen LogP contribution < -0.4 is 5.32 Å². The molecule has 1 aliphatic rings. The van der Waals surface area contributed by atoms with Crippen LogP contribution >= 0.6 is 23.4 Å². The average Bonchev–Trinajstić information content (AvgIpc) is 3.38. The molecule has 1 N–H and O–H groups in total. The summed E-state index contributed by atoms with van der Waals surface area (Å²) in [7, 11) is 0. The first-order valence-corrected chi connectivity index (χ1v) is 10.0. The van der Waals surface area contributed by atoms with E-state index in [2.05, 4.69) is 22.0 Å². The van der Waals surface area contributed by atoms with Gasteiger partial charge in [-0.05, 0) is 43.5 Å². The van der Waals surface area contributed by atoms with Crippen molar-refractivity contribution in [1.82, 2.24) is 14.9 Å². The van der Waals surface area contributed by atoms with Gasteiger partial charge in [0.05, 0.1) is 22.8 Å². The van der Waals surface area contributed by atoms with Crippen LogP contribution in [0.5, 0.6) is 0 Å². The molecule has 0 aliphatic heterocycles. The van der Waals surface area contributed by atoms with Gasteiger partial charge in [-0.25, -0.2) is 4.98 Å². The summed E-state index contributed by atoms with van der Waals surface area (Å²) in [6.07, 6.45) is 2.18. The van der Waals surface area contributed by atoms with Crippen LogP contribution in [0.2, 0.25) is 5.02 Å². The van der Waals surface area contributed by atoms with Crippen LogP contribution in [-0.2, 0) is 11.3 Å². The van der Waals surface area contributed by atoms with Gasteiger partial charge in [0.25, 0.3) is 0 Å². The Labute approximate surface area is 161 Å². The Bertz CT molecular complexity index is 937. The quantitative estimate of drug-likeness (QED) is 0.635. The van der Waals surface area contributed by atoms with Crippen molar-refractivity contribution in [1.29, 1.82) is 0 Å². The molecule has 26 heavy (non-hydrogen) atoms. The van der Waals surface area contributed by atoms with Gasteiger partial charge in [0.1, 0.15) is 0 Å². The van der Waals surface area contributed by atoms with Gasteiger partial charge in [-0.15, -0.1) is 0 Å². The predicted octanol–water partition coefficient (Wildman–Crippen LogP) is 4.50. The first-order valence-electron chi connectivity index (χ1n) is 8.77. The molecule has 1 saturated carbocycles. The second kappa shape index (κ2) is 7.33. The molecule has 0 bridgehead atoms. The number of carbonyl (C=O) groups is 1. The Morgan fingerprint density at radius 2 is 2.08 bits per heavy atom. The molecular formula is C20H20ClN3OS. The fourth-order valence-electron chi connectivity index (χ4n) is 2.85.